The molecule has 1 saturated carbocycles. The van der Waals surface area contributed by atoms with Crippen LogP contribution in [0.15, 0.2) is 4.99 Å². The molecule has 29 heavy (non-hydrogen) atoms. The number of piperidine rings is 1. The van der Waals surface area contributed by atoms with Gasteiger partial charge < -0.3 is 24.6 Å². The van der Waals surface area contributed by atoms with Crippen molar-refractivity contribution in [3.8, 4) is 0 Å². The molecule has 7 heteroatoms. The van der Waals surface area contributed by atoms with E-state index in [1.807, 2.05) is 32.7 Å². The molecule has 0 unspecified atom stereocenters. The summed E-state index contributed by atoms with van der Waals surface area (Å²) in [5.74, 6) is 2.13. The Bertz CT molecular complexity index is 533. The number of hydrogen-bond donors (Lipinski definition) is 1. The van der Waals surface area contributed by atoms with Gasteiger partial charge in [0.25, 0.3) is 0 Å². The second kappa shape index (κ2) is 11.0. The van der Waals surface area contributed by atoms with Crippen molar-refractivity contribution in [1.29, 1.82) is 0 Å². The smallest absolute Gasteiger partial charge is 0.410 e. The van der Waals surface area contributed by atoms with Gasteiger partial charge >= 0.3 is 6.09 Å². The Morgan fingerprint density at radius 3 is 2.38 bits per heavy atom. The van der Waals surface area contributed by atoms with Crippen molar-refractivity contribution < 1.29 is 14.3 Å². The Hall–Kier alpha value is -1.50. The van der Waals surface area contributed by atoms with E-state index in [1.54, 1.807) is 0 Å². The fourth-order valence-electron chi connectivity index (χ4n) is 3.55. The molecule has 1 saturated heterocycles. The number of amides is 1. The number of nitrogens with one attached hydrogen (secondary N) is 1. The average Bonchev–Trinajstić information content (AvgIpc) is 3.45. The number of carbonyl (C=O) groups is 1. The van der Waals surface area contributed by atoms with Crippen LogP contribution in [-0.4, -0.2) is 79.9 Å². The summed E-state index contributed by atoms with van der Waals surface area (Å²) >= 11 is 0. The van der Waals surface area contributed by atoms with Gasteiger partial charge in [-0.25, -0.2) is 4.79 Å². The maximum Gasteiger partial charge on any atom is 0.410 e. The summed E-state index contributed by atoms with van der Waals surface area (Å²) in [6.07, 6.45) is 4.18. The first-order valence-corrected chi connectivity index (χ1v) is 11.2. The molecule has 0 aromatic heterocycles. The zero-order chi connectivity index (χ0) is 21.4. The molecule has 1 heterocycles. The topological polar surface area (TPSA) is 66.4 Å². The molecule has 2 fully saturated rings. The van der Waals surface area contributed by atoms with Crippen LogP contribution in [0, 0.1) is 11.8 Å². The Balaban J connectivity index is 1.82. The normalized spacial score (nSPS) is 18.9. The van der Waals surface area contributed by atoms with Crippen molar-refractivity contribution in [1.82, 2.24) is 15.1 Å². The second-order valence-corrected chi connectivity index (χ2v) is 9.74. The molecule has 0 atom stereocenters. The van der Waals surface area contributed by atoms with Crippen LogP contribution < -0.4 is 5.32 Å². The molecule has 0 radical (unpaired) electrons. The molecule has 1 amide bonds. The second-order valence-electron chi connectivity index (χ2n) is 9.74. The maximum atomic E-state index is 12.8. The number of ether oxygens (including phenoxy) is 2. The summed E-state index contributed by atoms with van der Waals surface area (Å²) in [6.45, 7) is 14.9. The fourth-order valence-corrected chi connectivity index (χ4v) is 3.55. The number of hydrogen-bond acceptors (Lipinski definition) is 4. The Morgan fingerprint density at radius 1 is 1.21 bits per heavy atom. The summed E-state index contributed by atoms with van der Waals surface area (Å²) in [7, 11) is 1.82. The van der Waals surface area contributed by atoms with Crippen molar-refractivity contribution in [3.63, 3.8) is 0 Å². The number of nitrogens with zero attached hydrogens (tertiary/aromatic N) is 3. The van der Waals surface area contributed by atoms with E-state index in [9.17, 15) is 4.79 Å². The molecule has 2 rings (SSSR count). The van der Waals surface area contributed by atoms with Crippen LogP contribution in [0.3, 0.4) is 0 Å². The van der Waals surface area contributed by atoms with E-state index in [-0.39, 0.29) is 12.1 Å². The summed E-state index contributed by atoms with van der Waals surface area (Å²) in [6, 6.07) is 0.245. The predicted octanol–water partition coefficient (Wildman–Crippen LogP) is 3.35. The first-order valence-electron chi connectivity index (χ1n) is 11.2. The fraction of sp³-hybridized carbons (Fsp3) is 0.909. The number of likely N-dealkylation sites (tertiary alicyclic amines) is 1. The first-order chi connectivity index (χ1) is 13.7. The van der Waals surface area contributed by atoms with Gasteiger partial charge in [0.1, 0.15) is 5.60 Å². The lowest BCUT2D eigenvalue weighted by Crippen LogP contribution is -2.52. The lowest BCUT2D eigenvalue weighted by atomic mass is 10.0. The molecule has 0 aromatic rings. The van der Waals surface area contributed by atoms with E-state index in [2.05, 4.69) is 29.1 Å². The van der Waals surface area contributed by atoms with Crippen LogP contribution in [0.1, 0.15) is 60.3 Å². The predicted molar refractivity (Wildman–Crippen MR) is 117 cm³/mol. The standard InChI is InChI=1S/C22H42N4O3/c1-17(2)16-28-14-11-24-20(23-6)25-12-9-19(10-13-25)26(15-18-7-8-18)21(27)29-22(3,4)5/h17-19H,7-16H2,1-6H3,(H,23,24). The minimum Gasteiger partial charge on any atom is -0.444 e. The summed E-state index contributed by atoms with van der Waals surface area (Å²) in [5.41, 5.74) is -0.455. The third-order valence-electron chi connectivity index (χ3n) is 5.18. The number of aliphatic imine (C=N–C) groups is 1. The van der Waals surface area contributed by atoms with Gasteiger partial charge in [-0.2, -0.15) is 0 Å². The van der Waals surface area contributed by atoms with Crippen molar-refractivity contribution in [3.05, 3.63) is 0 Å². The molecule has 1 aliphatic carbocycles. The van der Waals surface area contributed by atoms with Crippen LogP contribution in [0.5, 0.6) is 0 Å². The quantitative estimate of drug-likeness (QED) is 0.378. The Labute approximate surface area is 177 Å². The Kier molecular flexibility index (Phi) is 9.05. The highest BCUT2D eigenvalue weighted by molar-refractivity contribution is 5.80. The van der Waals surface area contributed by atoms with Crippen LogP contribution in [0.2, 0.25) is 0 Å². The molecular weight excluding hydrogens is 368 g/mol. The van der Waals surface area contributed by atoms with E-state index in [0.717, 1.165) is 51.6 Å². The van der Waals surface area contributed by atoms with Gasteiger partial charge in [-0.3, -0.25) is 4.99 Å². The van der Waals surface area contributed by atoms with Crippen molar-refractivity contribution in [2.45, 2.75) is 71.9 Å². The largest absolute Gasteiger partial charge is 0.444 e. The highest BCUT2D eigenvalue weighted by Crippen LogP contribution is 2.32. The van der Waals surface area contributed by atoms with Gasteiger partial charge in [-0.05, 0) is 58.3 Å². The van der Waals surface area contributed by atoms with Crippen molar-refractivity contribution in [2.75, 3.05) is 46.4 Å². The summed E-state index contributed by atoms with van der Waals surface area (Å²) in [4.78, 5) is 21.5. The minimum atomic E-state index is -0.455. The first kappa shape index (κ1) is 23.8. The zero-order valence-electron chi connectivity index (χ0n) is 19.4. The molecule has 0 bridgehead atoms. The highest BCUT2D eigenvalue weighted by Gasteiger charge is 2.35. The lowest BCUT2D eigenvalue weighted by molar-refractivity contribution is 0.00926. The van der Waals surface area contributed by atoms with Crippen LogP contribution >= 0.6 is 0 Å². The molecule has 2 aliphatic rings. The highest BCUT2D eigenvalue weighted by atomic mass is 16.6. The molecule has 0 aromatic carbocycles. The molecule has 0 spiro atoms. The van der Waals surface area contributed by atoms with Crippen molar-refractivity contribution in [2.24, 2.45) is 16.8 Å². The molecule has 1 aliphatic heterocycles. The van der Waals surface area contributed by atoms with Gasteiger partial charge in [0.15, 0.2) is 5.96 Å². The molecule has 168 valence electrons. The van der Waals surface area contributed by atoms with Gasteiger partial charge in [0.2, 0.25) is 0 Å². The molecule has 7 nitrogen and oxygen atoms in total. The SMILES string of the molecule is CN=C(NCCOCC(C)C)N1CCC(N(CC2CC2)C(=O)OC(C)(C)C)CC1. The lowest BCUT2D eigenvalue weighted by Gasteiger charge is -2.40. The van der Waals surface area contributed by atoms with E-state index < -0.39 is 5.60 Å². The van der Waals surface area contributed by atoms with E-state index in [4.69, 9.17) is 9.47 Å². The van der Waals surface area contributed by atoms with Crippen molar-refractivity contribution >= 4 is 12.1 Å². The van der Waals surface area contributed by atoms with E-state index in [0.29, 0.717) is 18.4 Å². The van der Waals surface area contributed by atoms with Gasteiger partial charge in [-0.1, -0.05) is 13.8 Å². The average molecular weight is 411 g/mol. The van der Waals surface area contributed by atoms with Gasteiger partial charge in [0.05, 0.1) is 6.61 Å². The van der Waals surface area contributed by atoms with E-state index >= 15 is 0 Å². The monoisotopic (exact) mass is 410 g/mol. The molecule has 1 N–H and O–H groups in total. The number of carbonyl (C=O) groups excluding carboxylic acids is 1. The van der Waals surface area contributed by atoms with E-state index in [1.165, 1.54) is 12.8 Å². The Morgan fingerprint density at radius 2 is 1.86 bits per heavy atom. The summed E-state index contributed by atoms with van der Waals surface area (Å²) in [5, 5.41) is 3.40. The van der Waals surface area contributed by atoms with Gasteiger partial charge in [0, 0.05) is 45.9 Å². The number of guanidine groups is 1. The third-order valence-corrected chi connectivity index (χ3v) is 5.18. The van der Waals surface area contributed by atoms with Gasteiger partial charge in [-0.15, -0.1) is 0 Å². The van der Waals surface area contributed by atoms with Crippen LogP contribution in [-0.2, 0) is 9.47 Å². The third kappa shape index (κ3) is 8.81. The maximum absolute atomic E-state index is 12.8. The minimum absolute atomic E-state index is 0.160. The zero-order valence-corrected chi connectivity index (χ0v) is 19.4. The molecular formula is C22H42N4O3. The van der Waals surface area contributed by atoms with Crippen LogP contribution in [0.25, 0.3) is 0 Å². The summed E-state index contributed by atoms with van der Waals surface area (Å²) < 4.78 is 11.3. The van der Waals surface area contributed by atoms with Crippen LogP contribution in [0.4, 0.5) is 4.79 Å². The number of rotatable bonds is 8.